The van der Waals surface area contributed by atoms with Crippen LogP contribution in [0.3, 0.4) is 0 Å². The number of aliphatic hydroxyl groups excluding tert-OH is 1. The Morgan fingerprint density at radius 1 is 1.80 bits per heavy atom. The van der Waals surface area contributed by atoms with Crippen LogP contribution in [0.15, 0.2) is 16.7 Å². The molecule has 0 amide bonds. The Kier molecular flexibility index (Phi) is 1.87. The molecule has 0 unspecified atom stereocenters. The van der Waals surface area contributed by atoms with Crippen LogP contribution >= 0.6 is 0 Å². The van der Waals surface area contributed by atoms with Crippen LogP contribution < -0.4 is 0 Å². The van der Waals surface area contributed by atoms with Gasteiger partial charge in [-0.3, -0.25) is 4.79 Å². The van der Waals surface area contributed by atoms with Gasteiger partial charge in [-0.05, 0) is 13.0 Å². The summed E-state index contributed by atoms with van der Waals surface area (Å²) < 4.78 is 4.84. The molecule has 1 N–H and O–H groups in total. The van der Waals surface area contributed by atoms with Crippen molar-refractivity contribution in [1.29, 1.82) is 0 Å². The number of hydrogen-bond donors (Lipinski definition) is 1. The van der Waals surface area contributed by atoms with E-state index in [2.05, 4.69) is 0 Å². The fraction of sp³-hybridized carbons (Fsp3) is 0.286. The van der Waals surface area contributed by atoms with E-state index in [9.17, 15) is 4.79 Å². The molecule has 0 aromatic carbocycles. The molecule has 3 nitrogen and oxygen atoms in total. The summed E-state index contributed by atoms with van der Waals surface area (Å²) in [5, 5.41) is 8.92. The molecule has 0 aliphatic carbocycles. The van der Waals surface area contributed by atoms with E-state index in [-0.39, 0.29) is 0 Å². The highest BCUT2D eigenvalue weighted by molar-refractivity contribution is 5.74. The minimum atomic E-state index is -0.645. The first-order valence-electron chi connectivity index (χ1n) is 2.95. The topological polar surface area (TPSA) is 50.4 Å². The van der Waals surface area contributed by atoms with Gasteiger partial charge in [0.25, 0.3) is 0 Å². The van der Waals surface area contributed by atoms with Crippen molar-refractivity contribution in [2.45, 2.75) is 13.0 Å². The van der Waals surface area contributed by atoms with E-state index in [4.69, 9.17) is 9.52 Å². The molecule has 3 heteroatoms. The van der Waals surface area contributed by atoms with Gasteiger partial charge in [-0.15, -0.1) is 0 Å². The molecular weight excluding hydrogens is 132 g/mol. The summed E-state index contributed by atoms with van der Waals surface area (Å²) in [7, 11) is 0. The van der Waals surface area contributed by atoms with Crippen LogP contribution in [0.4, 0.5) is 0 Å². The Labute approximate surface area is 58.3 Å². The van der Waals surface area contributed by atoms with Gasteiger partial charge in [0, 0.05) is 0 Å². The number of aliphatic hydroxyl groups is 1. The van der Waals surface area contributed by atoms with E-state index >= 15 is 0 Å². The van der Waals surface area contributed by atoms with Crippen molar-refractivity contribution in [3.8, 4) is 0 Å². The molecule has 0 saturated heterocycles. The van der Waals surface area contributed by atoms with Crippen LogP contribution in [0.1, 0.15) is 29.1 Å². The third-order valence-corrected chi connectivity index (χ3v) is 1.19. The van der Waals surface area contributed by atoms with Gasteiger partial charge < -0.3 is 9.52 Å². The van der Waals surface area contributed by atoms with Crippen molar-refractivity contribution in [1.82, 2.24) is 0 Å². The maximum atomic E-state index is 10.1. The van der Waals surface area contributed by atoms with Gasteiger partial charge in [0.15, 0.2) is 6.29 Å². The van der Waals surface area contributed by atoms with Crippen LogP contribution in [0.25, 0.3) is 0 Å². The number of carbonyl (C=O) groups excluding carboxylic acids is 1. The average molecular weight is 140 g/mol. The van der Waals surface area contributed by atoms with Gasteiger partial charge in [0.2, 0.25) is 0 Å². The van der Waals surface area contributed by atoms with E-state index in [1.54, 1.807) is 6.92 Å². The Hall–Kier alpha value is -1.09. The minimum Gasteiger partial charge on any atom is -0.466 e. The van der Waals surface area contributed by atoms with E-state index < -0.39 is 6.10 Å². The largest absolute Gasteiger partial charge is 0.466 e. The van der Waals surface area contributed by atoms with Crippen molar-refractivity contribution in [2.75, 3.05) is 0 Å². The fourth-order valence-corrected chi connectivity index (χ4v) is 0.649. The summed E-state index contributed by atoms with van der Waals surface area (Å²) in [4.78, 5) is 10.1. The lowest BCUT2D eigenvalue weighted by Gasteiger charge is -1.94. The smallest absolute Gasteiger partial charge is 0.153 e. The Morgan fingerprint density at radius 3 is 2.80 bits per heavy atom. The number of carbonyl (C=O) groups is 1. The first kappa shape index (κ1) is 7.02. The van der Waals surface area contributed by atoms with Gasteiger partial charge in [0.05, 0.1) is 5.56 Å². The highest BCUT2D eigenvalue weighted by Gasteiger charge is 2.05. The van der Waals surface area contributed by atoms with Gasteiger partial charge in [0.1, 0.15) is 18.1 Å². The number of aldehydes is 1. The van der Waals surface area contributed by atoms with Gasteiger partial charge in [-0.1, -0.05) is 0 Å². The second-order valence-electron chi connectivity index (χ2n) is 2.08. The molecule has 1 atom stereocenters. The van der Waals surface area contributed by atoms with Crippen LogP contribution in [0.2, 0.25) is 0 Å². The molecule has 1 rings (SSSR count). The lowest BCUT2D eigenvalue weighted by molar-refractivity contribution is 0.112. The van der Waals surface area contributed by atoms with Gasteiger partial charge >= 0.3 is 0 Å². The lowest BCUT2D eigenvalue weighted by atomic mass is 10.3. The summed E-state index contributed by atoms with van der Waals surface area (Å²) in [6.45, 7) is 1.58. The first-order chi connectivity index (χ1) is 4.74. The lowest BCUT2D eigenvalue weighted by Crippen LogP contribution is -1.85. The van der Waals surface area contributed by atoms with E-state index in [0.29, 0.717) is 17.6 Å². The highest BCUT2D eigenvalue weighted by Crippen LogP contribution is 2.13. The molecule has 0 spiro atoms. The molecule has 1 heterocycles. The molecule has 0 aliphatic rings. The van der Waals surface area contributed by atoms with Crippen molar-refractivity contribution < 1.29 is 14.3 Å². The maximum Gasteiger partial charge on any atom is 0.153 e. The van der Waals surface area contributed by atoms with Gasteiger partial charge in [-0.25, -0.2) is 0 Å². The van der Waals surface area contributed by atoms with Crippen molar-refractivity contribution in [2.24, 2.45) is 0 Å². The molecule has 0 saturated carbocycles. The average Bonchev–Trinajstić information content (AvgIpc) is 2.34. The molecule has 1 aromatic rings. The third-order valence-electron chi connectivity index (χ3n) is 1.19. The van der Waals surface area contributed by atoms with Crippen LogP contribution in [0.5, 0.6) is 0 Å². The minimum absolute atomic E-state index is 0.419. The van der Waals surface area contributed by atoms with E-state index in [1.807, 2.05) is 0 Å². The molecule has 1 aromatic heterocycles. The first-order valence-corrected chi connectivity index (χ1v) is 2.95. The Bertz CT molecular complexity index is 225. The number of furan rings is 1. The normalized spacial score (nSPS) is 13.0. The number of rotatable bonds is 2. The molecule has 0 fully saturated rings. The second-order valence-corrected chi connectivity index (χ2v) is 2.08. The van der Waals surface area contributed by atoms with Crippen LogP contribution in [0, 0.1) is 0 Å². The zero-order chi connectivity index (χ0) is 7.56. The standard InChI is InChI=1S/C7H8O3/c1-5(9)7-2-6(3-8)4-10-7/h2-5,9H,1H3/t5-/m1/s1. The van der Waals surface area contributed by atoms with Crippen LogP contribution in [-0.2, 0) is 0 Å². The van der Waals surface area contributed by atoms with Crippen molar-refractivity contribution >= 4 is 6.29 Å². The predicted octanol–water partition coefficient (Wildman–Crippen LogP) is 1.15. The third kappa shape index (κ3) is 1.25. The quantitative estimate of drug-likeness (QED) is 0.627. The molecule has 0 aliphatic heterocycles. The summed E-state index contributed by atoms with van der Waals surface area (Å²) in [6.07, 6.45) is 1.35. The molecular formula is C7H8O3. The molecule has 10 heavy (non-hydrogen) atoms. The summed E-state index contributed by atoms with van der Waals surface area (Å²) in [5.41, 5.74) is 0.455. The second kappa shape index (κ2) is 2.66. The Morgan fingerprint density at radius 2 is 2.50 bits per heavy atom. The summed E-state index contributed by atoms with van der Waals surface area (Å²) >= 11 is 0. The van der Waals surface area contributed by atoms with Gasteiger partial charge in [-0.2, -0.15) is 0 Å². The zero-order valence-corrected chi connectivity index (χ0v) is 5.57. The molecule has 54 valence electrons. The van der Waals surface area contributed by atoms with E-state index in [0.717, 1.165) is 0 Å². The monoisotopic (exact) mass is 140 g/mol. The fourth-order valence-electron chi connectivity index (χ4n) is 0.649. The van der Waals surface area contributed by atoms with Crippen molar-refractivity contribution in [3.05, 3.63) is 23.7 Å². The molecule has 0 bridgehead atoms. The predicted molar refractivity (Wildman–Crippen MR) is 34.7 cm³/mol. The maximum absolute atomic E-state index is 10.1. The Balaban J connectivity index is 2.88. The van der Waals surface area contributed by atoms with E-state index in [1.165, 1.54) is 12.3 Å². The summed E-state index contributed by atoms with van der Waals surface area (Å²) in [5.74, 6) is 0.419. The molecule has 0 radical (unpaired) electrons. The zero-order valence-electron chi connectivity index (χ0n) is 5.57. The highest BCUT2D eigenvalue weighted by atomic mass is 16.4. The SMILES string of the molecule is C[C@@H](O)c1cc(C=O)co1. The van der Waals surface area contributed by atoms with Crippen LogP contribution in [-0.4, -0.2) is 11.4 Å². The summed E-state index contributed by atoms with van der Waals surface area (Å²) in [6, 6.07) is 1.51. The number of hydrogen-bond acceptors (Lipinski definition) is 3. The van der Waals surface area contributed by atoms with Crippen molar-refractivity contribution in [3.63, 3.8) is 0 Å².